The van der Waals surface area contributed by atoms with Crippen molar-refractivity contribution in [2.24, 2.45) is 0 Å². The summed E-state index contributed by atoms with van der Waals surface area (Å²) < 4.78 is 44.2. The van der Waals surface area contributed by atoms with Crippen LogP contribution in [-0.4, -0.2) is 21.4 Å². The second-order valence-corrected chi connectivity index (χ2v) is 6.62. The highest BCUT2D eigenvalue weighted by Gasteiger charge is 2.31. The van der Waals surface area contributed by atoms with E-state index in [1.54, 1.807) is 0 Å². The molecule has 0 amide bonds. The summed E-state index contributed by atoms with van der Waals surface area (Å²) >= 11 is 0. The average molecular weight is 361 g/mol. The van der Waals surface area contributed by atoms with Crippen molar-refractivity contribution in [3.63, 3.8) is 0 Å². The van der Waals surface area contributed by atoms with E-state index in [-0.39, 0.29) is 11.6 Å². The molecule has 2 aromatic heterocycles. The molecule has 0 N–H and O–H groups in total. The van der Waals surface area contributed by atoms with Crippen LogP contribution in [0.4, 0.5) is 13.2 Å². The van der Waals surface area contributed by atoms with E-state index in [1.165, 1.54) is 6.07 Å². The van der Waals surface area contributed by atoms with Gasteiger partial charge in [0.05, 0.1) is 23.8 Å². The summed E-state index contributed by atoms with van der Waals surface area (Å²) in [5, 5.41) is 0. The molecule has 1 aromatic carbocycles. The molecule has 0 radical (unpaired) electrons. The van der Waals surface area contributed by atoms with Crippen molar-refractivity contribution in [3.05, 3.63) is 59.2 Å². The van der Waals surface area contributed by atoms with E-state index in [0.29, 0.717) is 18.0 Å². The van der Waals surface area contributed by atoms with Gasteiger partial charge in [0.2, 0.25) is 5.89 Å². The molecule has 0 bridgehead atoms. The second kappa shape index (κ2) is 6.39. The van der Waals surface area contributed by atoms with Crippen LogP contribution in [0.1, 0.15) is 41.7 Å². The maximum Gasteiger partial charge on any atom is 0.416 e. The van der Waals surface area contributed by atoms with E-state index in [1.807, 2.05) is 25.1 Å². The number of nitrogens with zero attached hydrogens (tertiary/aromatic N) is 3. The van der Waals surface area contributed by atoms with E-state index < -0.39 is 11.7 Å². The van der Waals surface area contributed by atoms with E-state index >= 15 is 0 Å². The number of hydrogen-bond acceptors (Lipinski definition) is 4. The first-order chi connectivity index (χ1) is 12.4. The average Bonchev–Trinajstić information content (AvgIpc) is 3.19. The highest BCUT2D eigenvalue weighted by Crippen LogP contribution is 2.34. The van der Waals surface area contributed by atoms with Crippen LogP contribution >= 0.6 is 0 Å². The SMILES string of the molecule is Cc1cccc(C2CCCN2Cc2nc3cc(C(F)(F)F)ccc3o2)n1. The molecule has 1 aliphatic heterocycles. The zero-order valence-electron chi connectivity index (χ0n) is 14.3. The van der Waals surface area contributed by atoms with Gasteiger partial charge in [0.15, 0.2) is 5.58 Å². The number of fused-ring (bicyclic) bond motifs is 1. The largest absolute Gasteiger partial charge is 0.439 e. The van der Waals surface area contributed by atoms with Crippen LogP contribution in [0.3, 0.4) is 0 Å². The summed E-state index contributed by atoms with van der Waals surface area (Å²) in [6, 6.07) is 9.53. The van der Waals surface area contributed by atoms with Crippen LogP contribution in [0.25, 0.3) is 11.1 Å². The molecule has 1 saturated heterocycles. The molecule has 1 atom stereocenters. The van der Waals surface area contributed by atoms with Gasteiger partial charge in [0, 0.05) is 5.69 Å². The number of pyridine rings is 1. The molecule has 1 aliphatic rings. The van der Waals surface area contributed by atoms with Crippen molar-refractivity contribution in [1.82, 2.24) is 14.9 Å². The van der Waals surface area contributed by atoms with Crippen molar-refractivity contribution in [1.29, 1.82) is 0 Å². The monoisotopic (exact) mass is 361 g/mol. The highest BCUT2D eigenvalue weighted by molar-refractivity contribution is 5.73. The van der Waals surface area contributed by atoms with E-state index in [2.05, 4.69) is 14.9 Å². The first kappa shape index (κ1) is 17.0. The molecule has 7 heteroatoms. The summed E-state index contributed by atoms with van der Waals surface area (Å²) in [6.45, 7) is 3.30. The fourth-order valence-corrected chi connectivity index (χ4v) is 3.49. The topological polar surface area (TPSA) is 42.2 Å². The predicted octanol–water partition coefficient (Wildman–Crippen LogP) is 4.89. The minimum atomic E-state index is -4.38. The molecule has 3 aromatic rings. The van der Waals surface area contributed by atoms with Crippen LogP contribution in [0.15, 0.2) is 40.8 Å². The van der Waals surface area contributed by atoms with Gasteiger partial charge in [-0.2, -0.15) is 13.2 Å². The Morgan fingerprint density at radius 1 is 1.19 bits per heavy atom. The number of rotatable bonds is 3. The summed E-state index contributed by atoms with van der Waals surface area (Å²) in [6.07, 6.45) is -2.35. The third-order valence-corrected chi connectivity index (χ3v) is 4.71. The third-order valence-electron chi connectivity index (χ3n) is 4.71. The molecule has 3 heterocycles. The number of oxazole rings is 1. The Morgan fingerprint density at radius 3 is 2.81 bits per heavy atom. The Morgan fingerprint density at radius 2 is 2.04 bits per heavy atom. The maximum absolute atomic E-state index is 12.8. The van der Waals surface area contributed by atoms with E-state index in [9.17, 15) is 13.2 Å². The number of hydrogen-bond donors (Lipinski definition) is 0. The molecule has 1 unspecified atom stereocenters. The number of benzene rings is 1. The van der Waals surface area contributed by atoms with Gasteiger partial charge in [-0.1, -0.05) is 6.07 Å². The molecule has 136 valence electrons. The van der Waals surface area contributed by atoms with Crippen molar-refractivity contribution in [2.75, 3.05) is 6.54 Å². The lowest BCUT2D eigenvalue weighted by Gasteiger charge is -2.22. The van der Waals surface area contributed by atoms with Crippen molar-refractivity contribution < 1.29 is 17.6 Å². The molecule has 4 rings (SSSR count). The lowest BCUT2D eigenvalue weighted by molar-refractivity contribution is -0.137. The number of aryl methyl sites for hydroxylation is 1. The van der Waals surface area contributed by atoms with Gasteiger partial charge in [-0.05, 0) is 56.6 Å². The molecule has 26 heavy (non-hydrogen) atoms. The molecule has 0 spiro atoms. The van der Waals surface area contributed by atoms with Gasteiger partial charge in [-0.25, -0.2) is 4.98 Å². The van der Waals surface area contributed by atoms with Gasteiger partial charge >= 0.3 is 6.18 Å². The Labute approximate surface area is 148 Å². The van der Waals surface area contributed by atoms with Crippen LogP contribution in [-0.2, 0) is 12.7 Å². The third kappa shape index (κ3) is 3.31. The van der Waals surface area contributed by atoms with Gasteiger partial charge in [0.1, 0.15) is 5.52 Å². The maximum atomic E-state index is 12.8. The van der Waals surface area contributed by atoms with Crippen molar-refractivity contribution in [2.45, 2.75) is 38.5 Å². The summed E-state index contributed by atoms with van der Waals surface area (Å²) in [7, 11) is 0. The summed E-state index contributed by atoms with van der Waals surface area (Å²) in [4.78, 5) is 11.1. The first-order valence-corrected chi connectivity index (χ1v) is 8.54. The Balaban J connectivity index is 1.58. The zero-order chi connectivity index (χ0) is 18.3. The van der Waals surface area contributed by atoms with Crippen molar-refractivity contribution in [3.8, 4) is 0 Å². The normalized spacial score (nSPS) is 18.7. The summed E-state index contributed by atoms with van der Waals surface area (Å²) in [5.74, 6) is 0.430. The quantitative estimate of drug-likeness (QED) is 0.666. The number of likely N-dealkylation sites (tertiary alicyclic amines) is 1. The predicted molar refractivity (Wildman–Crippen MR) is 90.4 cm³/mol. The van der Waals surface area contributed by atoms with E-state index in [4.69, 9.17) is 4.42 Å². The number of aromatic nitrogens is 2. The molecule has 4 nitrogen and oxygen atoms in total. The van der Waals surface area contributed by atoms with Gasteiger partial charge < -0.3 is 4.42 Å². The lowest BCUT2D eigenvalue weighted by atomic mass is 10.1. The number of alkyl halides is 3. The van der Waals surface area contributed by atoms with Gasteiger partial charge in [-0.3, -0.25) is 9.88 Å². The lowest BCUT2D eigenvalue weighted by Crippen LogP contribution is -2.23. The fraction of sp³-hybridized carbons (Fsp3) is 0.368. The molecule has 0 aliphatic carbocycles. The number of halogens is 3. The Kier molecular flexibility index (Phi) is 4.19. The first-order valence-electron chi connectivity index (χ1n) is 8.54. The van der Waals surface area contributed by atoms with E-state index in [0.717, 1.165) is 42.9 Å². The van der Waals surface area contributed by atoms with Crippen LogP contribution < -0.4 is 0 Å². The molecule has 1 fully saturated rings. The standard InChI is InChI=1S/C19H18F3N3O/c1-12-4-2-5-14(23-12)16-6-3-9-25(16)11-18-24-15-10-13(19(20,21)22)7-8-17(15)26-18/h2,4-5,7-8,10,16H,3,6,9,11H2,1H3. The zero-order valence-corrected chi connectivity index (χ0v) is 14.3. The van der Waals surface area contributed by atoms with Gasteiger partial charge in [0.25, 0.3) is 0 Å². The molecular weight excluding hydrogens is 343 g/mol. The second-order valence-electron chi connectivity index (χ2n) is 6.62. The van der Waals surface area contributed by atoms with Crippen LogP contribution in [0.2, 0.25) is 0 Å². The van der Waals surface area contributed by atoms with Crippen LogP contribution in [0.5, 0.6) is 0 Å². The Hall–Kier alpha value is -2.41. The fourth-order valence-electron chi connectivity index (χ4n) is 3.49. The molecule has 0 saturated carbocycles. The van der Waals surface area contributed by atoms with Crippen LogP contribution in [0, 0.1) is 6.92 Å². The summed E-state index contributed by atoms with van der Waals surface area (Å²) in [5.41, 5.74) is 1.87. The Bertz CT molecular complexity index is 935. The van der Waals surface area contributed by atoms with Crippen molar-refractivity contribution >= 4 is 11.1 Å². The van der Waals surface area contributed by atoms with Gasteiger partial charge in [-0.15, -0.1) is 0 Å². The minimum absolute atomic E-state index is 0.177. The smallest absolute Gasteiger partial charge is 0.416 e. The minimum Gasteiger partial charge on any atom is -0.439 e. The molecular formula is C19H18F3N3O. The highest BCUT2D eigenvalue weighted by atomic mass is 19.4.